The Morgan fingerprint density at radius 1 is 1.06 bits per heavy atom. The lowest BCUT2D eigenvalue weighted by atomic mass is 9.83. The van der Waals surface area contributed by atoms with Crippen molar-refractivity contribution >= 4 is 23.5 Å². The molecule has 0 spiro atoms. The van der Waals surface area contributed by atoms with E-state index in [2.05, 4.69) is 26.1 Å². The van der Waals surface area contributed by atoms with Crippen molar-refractivity contribution in [1.82, 2.24) is 25.7 Å². The molecule has 3 atom stereocenters. The van der Waals surface area contributed by atoms with Crippen LogP contribution in [0.2, 0.25) is 0 Å². The summed E-state index contributed by atoms with van der Waals surface area (Å²) in [5.74, 6) is 0.0350. The summed E-state index contributed by atoms with van der Waals surface area (Å²) in [5.41, 5.74) is 2.58. The van der Waals surface area contributed by atoms with Crippen LogP contribution in [0.4, 0.5) is 5.82 Å². The minimum atomic E-state index is -0.615. The number of hydrogen-bond donors (Lipinski definition) is 4. The van der Waals surface area contributed by atoms with Gasteiger partial charge in [-0.3, -0.25) is 19.5 Å². The maximum atomic E-state index is 13.8. The highest BCUT2D eigenvalue weighted by atomic mass is 16.2. The number of likely N-dealkylation sites (tertiary alicyclic amines) is 1. The molecule has 1 aliphatic heterocycles. The first kappa shape index (κ1) is 25.9. The summed E-state index contributed by atoms with van der Waals surface area (Å²) >= 11 is 0. The Morgan fingerprint density at radius 2 is 1.78 bits per heavy atom. The molecule has 0 radical (unpaired) electrons. The fraction of sp³-hybridized carbons (Fsp3) is 0.556. The number of aryl methyl sites for hydroxylation is 1. The number of nitrogens with one attached hydrogen (secondary N) is 4. The van der Waals surface area contributed by atoms with E-state index >= 15 is 0 Å². The molecule has 1 aromatic heterocycles. The first-order valence-electron chi connectivity index (χ1n) is 13.1. The van der Waals surface area contributed by atoms with Gasteiger partial charge in [0.2, 0.25) is 17.7 Å². The van der Waals surface area contributed by atoms with Crippen molar-refractivity contribution in [1.29, 1.82) is 0 Å². The van der Waals surface area contributed by atoms with Gasteiger partial charge in [0.25, 0.3) is 0 Å². The van der Waals surface area contributed by atoms with E-state index in [-0.39, 0.29) is 23.6 Å². The van der Waals surface area contributed by atoms with Gasteiger partial charge in [0.1, 0.15) is 17.9 Å². The summed E-state index contributed by atoms with van der Waals surface area (Å²) in [7, 11) is 1.73. The Labute approximate surface area is 212 Å². The number of benzene rings is 1. The van der Waals surface area contributed by atoms with Crippen LogP contribution in [0.3, 0.4) is 0 Å². The molecule has 3 amide bonds. The number of anilines is 1. The van der Waals surface area contributed by atoms with E-state index in [0.29, 0.717) is 18.8 Å². The number of nitrogens with zero attached hydrogens (tertiary/aromatic N) is 2. The summed E-state index contributed by atoms with van der Waals surface area (Å²) in [6.45, 7) is 4.18. The normalized spacial score (nSPS) is 20.1. The molecule has 1 saturated heterocycles. The number of hydrogen-bond acceptors (Lipinski definition) is 5. The molecule has 4 N–H and O–H groups in total. The molecule has 0 unspecified atom stereocenters. The van der Waals surface area contributed by atoms with Crippen molar-refractivity contribution in [3.05, 3.63) is 36.0 Å². The van der Waals surface area contributed by atoms with E-state index in [1.54, 1.807) is 18.9 Å². The number of likely N-dealkylation sites (N-methyl/N-ethyl adjacent to an activating group) is 1. The van der Waals surface area contributed by atoms with Gasteiger partial charge in [-0.1, -0.05) is 49.6 Å². The number of amides is 3. The highest BCUT2D eigenvalue weighted by molar-refractivity contribution is 6.00. The molecule has 0 bridgehead atoms. The van der Waals surface area contributed by atoms with Crippen LogP contribution < -0.4 is 16.0 Å². The highest BCUT2D eigenvalue weighted by Crippen LogP contribution is 2.32. The van der Waals surface area contributed by atoms with E-state index in [9.17, 15) is 14.4 Å². The van der Waals surface area contributed by atoms with Crippen molar-refractivity contribution in [2.45, 2.75) is 76.9 Å². The van der Waals surface area contributed by atoms with Crippen LogP contribution in [0.25, 0.3) is 11.1 Å². The van der Waals surface area contributed by atoms with Crippen molar-refractivity contribution in [2.24, 2.45) is 5.92 Å². The second-order valence-corrected chi connectivity index (χ2v) is 10.00. The summed E-state index contributed by atoms with van der Waals surface area (Å²) < 4.78 is 0. The van der Waals surface area contributed by atoms with Gasteiger partial charge in [-0.2, -0.15) is 5.10 Å². The molecule has 2 fully saturated rings. The van der Waals surface area contributed by atoms with Crippen LogP contribution in [0.15, 0.2) is 30.3 Å². The van der Waals surface area contributed by atoms with Crippen molar-refractivity contribution in [3.63, 3.8) is 0 Å². The number of aromatic nitrogens is 2. The monoisotopic (exact) mass is 494 g/mol. The molecular formula is C27H38N6O3. The van der Waals surface area contributed by atoms with Gasteiger partial charge in [-0.05, 0) is 58.1 Å². The smallest absolute Gasteiger partial charge is 0.248 e. The van der Waals surface area contributed by atoms with Crippen LogP contribution in [-0.4, -0.2) is 64.5 Å². The standard InChI is InChI=1S/C27H38N6O3/c1-17-22(19-11-6-4-7-12-19)24(32-31-17)30-26(35)21-15-10-16-33(21)27(36)23(20-13-8-5-9-14-20)29-25(34)18(2)28-3/h4,6-7,11-12,18,20-21,23,28H,5,8-10,13-16H2,1-3H3,(H,29,34)(H2,30,31,32,35)/t18-,21-,23-/m0/s1. The number of aromatic amines is 1. The molecule has 9 heteroatoms. The number of carbonyl (C=O) groups is 3. The summed E-state index contributed by atoms with van der Waals surface area (Å²) in [4.78, 5) is 41.7. The van der Waals surface area contributed by atoms with Crippen LogP contribution >= 0.6 is 0 Å². The minimum Gasteiger partial charge on any atom is -0.343 e. The third-order valence-corrected chi connectivity index (χ3v) is 7.61. The Morgan fingerprint density at radius 3 is 2.47 bits per heavy atom. The van der Waals surface area contributed by atoms with Crippen LogP contribution in [0, 0.1) is 12.8 Å². The Balaban J connectivity index is 1.52. The molecule has 1 aromatic carbocycles. The molecule has 1 saturated carbocycles. The Hall–Kier alpha value is -3.20. The van der Waals surface area contributed by atoms with Gasteiger partial charge in [-0.15, -0.1) is 0 Å². The van der Waals surface area contributed by atoms with Gasteiger partial charge in [0.05, 0.1) is 11.7 Å². The largest absolute Gasteiger partial charge is 0.343 e. The zero-order valence-electron chi connectivity index (χ0n) is 21.5. The fourth-order valence-corrected chi connectivity index (χ4v) is 5.43. The molecule has 194 valence electrons. The third-order valence-electron chi connectivity index (χ3n) is 7.61. The van der Waals surface area contributed by atoms with Crippen LogP contribution in [0.1, 0.15) is 57.6 Å². The summed E-state index contributed by atoms with van der Waals surface area (Å²) in [6, 6.07) is 8.18. The van der Waals surface area contributed by atoms with Crippen molar-refractivity contribution in [3.8, 4) is 11.1 Å². The van der Waals surface area contributed by atoms with Crippen LogP contribution in [-0.2, 0) is 14.4 Å². The minimum absolute atomic E-state index is 0.0866. The first-order valence-corrected chi connectivity index (χ1v) is 13.1. The van der Waals surface area contributed by atoms with Gasteiger partial charge < -0.3 is 20.9 Å². The zero-order chi connectivity index (χ0) is 25.7. The second-order valence-electron chi connectivity index (χ2n) is 10.00. The number of H-pyrrole nitrogens is 1. The molecule has 1 aliphatic carbocycles. The lowest BCUT2D eigenvalue weighted by molar-refractivity contribution is -0.142. The molecule has 2 aromatic rings. The van der Waals surface area contributed by atoms with E-state index < -0.39 is 18.1 Å². The molecule has 2 heterocycles. The van der Waals surface area contributed by atoms with E-state index in [1.165, 1.54) is 0 Å². The van der Waals surface area contributed by atoms with Crippen molar-refractivity contribution in [2.75, 3.05) is 18.9 Å². The SMILES string of the molecule is CN[C@@H](C)C(=O)N[C@H](C(=O)N1CCC[C@H]1C(=O)Nc1[nH]nc(C)c1-c1ccccc1)C1CCCCC1. The number of rotatable bonds is 8. The quantitative estimate of drug-likeness (QED) is 0.450. The Kier molecular flexibility index (Phi) is 8.40. The van der Waals surface area contributed by atoms with E-state index in [4.69, 9.17) is 0 Å². The second kappa shape index (κ2) is 11.7. The van der Waals surface area contributed by atoms with Gasteiger partial charge in [-0.25, -0.2) is 0 Å². The fourth-order valence-electron chi connectivity index (χ4n) is 5.43. The van der Waals surface area contributed by atoms with E-state index in [1.807, 2.05) is 37.3 Å². The average Bonchev–Trinajstić information content (AvgIpc) is 3.54. The van der Waals surface area contributed by atoms with E-state index in [0.717, 1.165) is 55.3 Å². The summed E-state index contributed by atoms with van der Waals surface area (Å²) in [6.07, 6.45) is 6.40. The maximum absolute atomic E-state index is 13.8. The molecule has 2 aliphatic rings. The van der Waals surface area contributed by atoms with Gasteiger partial charge in [0.15, 0.2) is 0 Å². The topological polar surface area (TPSA) is 119 Å². The van der Waals surface area contributed by atoms with Crippen molar-refractivity contribution < 1.29 is 14.4 Å². The molecule has 4 rings (SSSR count). The Bertz CT molecular complexity index is 1060. The first-order chi connectivity index (χ1) is 17.4. The third kappa shape index (κ3) is 5.61. The average molecular weight is 495 g/mol. The molecule has 9 nitrogen and oxygen atoms in total. The van der Waals surface area contributed by atoms with Crippen LogP contribution in [0.5, 0.6) is 0 Å². The molecular weight excluding hydrogens is 456 g/mol. The maximum Gasteiger partial charge on any atom is 0.248 e. The number of carbonyl (C=O) groups excluding carboxylic acids is 3. The predicted octanol–water partition coefficient (Wildman–Crippen LogP) is 2.99. The summed E-state index contributed by atoms with van der Waals surface area (Å²) in [5, 5.41) is 16.2. The van der Waals surface area contributed by atoms with Gasteiger partial charge in [0, 0.05) is 12.1 Å². The lowest BCUT2D eigenvalue weighted by Gasteiger charge is -2.35. The molecule has 36 heavy (non-hydrogen) atoms. The predicted molar refractivity (Wildman–Crippen MR) is 139 cm³/mol. The lowest BCUT2D eigenvalue weighted by Crippen LogP contribution is -2.57. The highest BCUT2D eigenvalue weighted by Gasteiger charge is 2.41. The zero-order valence-corrected chi connectivity index (χ0v) is 21.5. The van der Waals surface area contributed by atoms with Gasteiger partial charge >= 0.3 is 0 Å².